The summed E-state index contributed by atoms with van der Waals surface area (Å²) in [6.07, 6.45) is -1.43. The molecular weight excluding hydrogens is 778 g/mol. The molecule has 4 bridgehead atoms. The highest BCUT2D eigenvalue weighted by Crippen LogP contribution is 2.47. The number of benzene rings is 2. The Morgan fingerprint density at radius 3 is 2.62 bits per heavy atom. The van der Waals surface area contributed by atoms with Gasteiger partial charge in [-0.2, -0.15) is 0 Å². The molecule has 2 aliphatic carbocycles. The highest BCUT2D eigenvalue weighted by molar-refractivity contribution is 6.32. The van der Waals surface area contributed by atoms with Crippen LogP contribution in [0.3, 0.4) is 0 Å². The molecule has 6 N–H and O–H groups in total. The molecule has 4 aliphatic heterocycles. The summed E-state index contributed by atoms with van der Waals surface area (Å²) in [6, 6.07) is 3.88. The van der Waals surface area contributed by atoms with Gasteiger partial charge in [0.25, 0.3) is 5.91 Å². The summed E-state index contributed by atoms with van der Waals surface area (Å²) in [7, 11) is 4.86. The monoisotopic (exact) mass is 819 g/mol. The van der Waals surface area contributed by atoms with Crippen molar-refractivity contribution < 1.29 is 62.9 Å². The largest absolute Gasteiger partial charge is 0.504 e. The average molecular weight is 820 g/mol. The van der Waals surface area contributed by atoms with E-state index in [0.29, 0.717) is 0 Å². The van der Waals surface area contributed by atoms with Gasteiger partial charge in [-0.15, -0.1) is 0 Å². The first-order chi connectivity index (χ1) is 27.4. The molecule has 1 amide bonds. The molecule has 2 aromatic rings. The molecule has 1 fully saturated rings. The van der Waals surface area contributed by atoms with Gasteiger partial charge in [-0.05, 0) is 63.9 Å². The minimum atomic E-state index is -1.85. The fraction of sp³-hybridized carbons (Fsp3) is 0.390. The van der Waals surface area contributed by atoms with Crippen LogP contribution < -0.4 is 25.3 Å². The number of nitrogens with one attached hydrogen (secondary N) is 1. The van der Waals surface area contributed by atoms with Crippen LogP contribution >= 0.6 is 11.6 Å². The summed E-state index contributed by atoms with van der Waals surface area (Å²) < 4.78 is 42.4. The second-order valence-corrected chi connectivity index (χ2v) is 15.4. The zero-order valence-corrected chi connectivity index (χ0v) is 32.9. The Hall–Kier alpha value is -5.38. The maximum Gasteiger partial charge on any atom is 0.341 e. The molecule has 2 aromatic carbocycles. The number of methoxy groups -OCH3 is 1. The van der Waals surface area contributed by atoms with E-state index in [1.807, 2.05) is 0 Å². The number of hydrogen-bond donors (Lipinski definition) is 5. The lowest BCUT2D eigenvalue weighted by Crippen LogP contribution is -2.68. The van der Waals surface area contributed by atoms with Crippen LogP contribution in [0.2, 0.25) is 5.02 Å². The summed E-state index contributed by atoms with van der Waals surface area (Å²) in [5.41, 5.74) is 3.92. The average Bonchev–Trinajstić information content (AvgIpc) is 3.51. The lowest BCUT2D eigenvalue weighted by atomic mass is 9.83. The molecule has 0 spiro atoms. The predicted molar refractivity (Wildman–Crippen MR) is 206 cm³/mol. The van der Waals surface area contributed by atoms with Crippen molar-refractivity contribution in [2.24, 2.45) is 5.73 Å². The third-order valence-electron chi connectivity index (χ3n) is 10.5. The number of nitrogens with two attached hydrogens (primary N) is 1. The molecule has 6 aliphatic rings. The third-order valence-corrected chi connectivity index (χ3v) is 10.7. The van der Waals surface area contributed by atoms with Crippen LogP contribution in [0.4, 0.5) is 5.69 Å². The van der Waals surface area contributed by atoms with Crippen molar-refractivity contribution in [3.63, 3.8) is 0 Å². The number of carbonyl (C=O) groups is 3. The van der Waals surface area contributed by atoms with Gasteiger partial charge >= 0.3 is 11.9 Å². The van der Waals surface area contributed by atoms with Crippen LogP contribution in [0.15, 0.2) is 72.1 Å². The molecule has 16 nitrogen and oxygen atoms in total. The number of aromatic hydroxyl groups is 1. The van der Waals surface area contributed by atoms with Crippen molar-refractivity contribution in [1.29, 1.82) is 0 Å². The summed E-state index contributed by atoms with van der Waals surface area (Å²) in [4.78, 5) is 42.0. The maximum absolute atomic E-state index is 14.3. The van der Waals surface area contributed by atoms with Gasteiger partial charge in [0.05, 0.1) is 41.4 Å². The topological polar surface area (TPSA) is 218 Å². The number of esters is 2. The van der Waals surface area contributed by atoms with E-state index < -0.39 is 84.2 Å². The number of ether oxygens (including phenoxy) is 7. The molecule has 1 unspecified atom stereocenters. The number of rotatable bonds is 6. The Morgan fingerprint density at radius 1 is 1.16 bits per heavy atom. The minimum Gasteiger partial charge on any atom is -0.504 e. The Kier molecular flexibility index (Phi) is 10.8. The standard InChI is InChI=1S/C41H42ClN3O13/c1-19-37(50)44-32-23(15-21(52-6)16-28(32)54-19)38(51)55-29-18-53-31(47)17-26(43)20-13-25(42)35(27(46)14-20)56-30-11-7-9-22(29)24-10-8-12-41(24,30)58-39-34(49)33(48)36(45(4)5)40(2,3)57-39/h8-10,12-16,26,29-30,33-34,36,39,46,48-49H,1,17-18,43H2,2-6H3,(H,44,50)/t26-,29-,30+,33-,34+,36-,39-,41?/m0/s1. The van der Waals surface area contributed by atoms with Crippen molar-refractivity contribution in [2.75, 3.05) is 33.1 Å². The second-order valence-electron chi connectivity index (χ2n) is 15.0. The van der Waals surface area contributed by atoms with Crippen LogP contribution in [0.1, 0.15) is 42.2 Å². The molecule has 306 valence electrons. The number of amides is 1. The number of nitrogens with zero attached hydrogens (tertiary/aromatic N) is 1. The number of allylic oxidation sites excluding steroid dienone is 3. The number of hydrogen-bond acceptors (Lipinski definition) is 15. The number of fused-ring (bicyclic) bond motifs is 8. The first-order valence-corrected chi connectivity index (χ1v) is 18.5. The fourth-order valence-corrected chi connectivity index (χ4v) is 8.06. The van der Waals surface area contributed by atoms with Gasteiger partial charge in [-0.1, -0.05) is 42.2 Å². The number of halogens is 1. The molecule has 0 radical (unpaired) electrons. The van der Waals surface area contributed by atoms with E-state index in [1.165, 1.54) is 37.5 Å². The molecular formula is C41H42ClN3O13. The number of phenolic OH excluding ortho intramolecular Hbond substituents is 1. The highest BCUT2D eigenvalue weighted by atomic mass is 35.5. The molecule has 0 saturated carbocycles. The Labute approximate surface area is 338 Å². The summed E-state index contributed by atoms with van der Waals surface area (Å²) in [6.45, 7) is 6.50. The molecule has 0 aromatic heterocycles. The summed E-state index contributed by atoms with van der Waals surface area (Å²) in [5.74, 6) is 2.85. The Bertz CT molecular complexity index is 2220. The highest BCUT2D eigenvalue weighted by Gasteiger charge is 2.56. The number of phenols is 1. The van der Waals surface area contributed by atoms with Crippen LogP contribution in [0, 0.1) is 11.8 Å². The maximum atomic E-state index is 14.3. The second kappa shape index (κ2) is 15.4. The number of aliphatic hydroxyl groups is 2. The number of likely N-dealkylation sites (N-methyl/N-ethyl adjacent to an activating group) is 1. The van der Waals surface area contributed by atoms with E-state index in [4.69, 9.17) is 50.5 Å². The lowest BCUT2D eigenvalue weighted by molar-refractivity contribution is -0.329. The van der Waals surface area contributed by atoms with Gasteiger partial charge < -0.3 is 64.4 Å². The van der Waals surface area contributed by atoms with E-state index in [1.54, 1.807) is 51.1 Å². The lowest BCUT2D eigenvalue weighted by Gasteiger charge is -2.51. The van der Waals surface area contributed by atoms with Crippen molar-refractivity contribution in [2.45, 2.75) is 74.3 Å². The molecule has 17 heteroatoms. The van der Waals surface area contributed by atoms with Gasteiger partial charge in [0.15, 0.2) is 47.1 Å². The van der Waals surface area contributed by atoms with Crippen LogP contribution in [-0.4, -0.2) is 114 Å². The third kappa shape index (κ3) is 7.30. The van der Waals surface area contributed by atoms with E-state index in [9.17, 15) is 29.7 Å². The van der Waals surface area contributed by atoms with E-state index in [-0.39, 0.29) is 62.4 Å². The van der Waals surface area contributed by atoms with E-state index in [2.05, 4.69) is 23.7 Å². The van der Waals surface area contributed by atoms with Crippen LogP contribution in [0.5, 0.6) is 23.0 Å². The number of anilines is 1. The normalized spacial score (nSPS) is 29.8. The van der Waals surface area contributed by atoms with Crippen LogP contribution in [0.25, 0.3) is 0 Å². The number of aliphatic hydroxyl groups excluding tert-OH is 2. The minimum absolute atomic E-state index is 0.0207. The smallest absolute Gasteiger partial charge is 0.341 e. The molecule has 1 saturated heterocycles. The van der Waals surface area contributed by atoms with Crippen molar-refractivity contribution in [1.82, 2.24) is 4.90 Å². The predicted octanol–water partition coefficient (Wildman–Crippen LogP) is 2.80. The fourth-order valence-electron chi connectivity index (χ4n) is 7.79. The van der Waals surface area contributed by atoms with Crippen molar-refractivity contribution >= 4 is 35.1 Å². The van der Waals surface area contributed by atoms with Gasteiger partial charge in [-0.25, -0.2) is 4.79 Å². The molecule has 8 atom stereocenters. The van der Waals surface area contributed by atoms with E-state index >= 15 is 0 Å². The number of carbonyl (C=O) groups excluding carboxylic acids is 3. The van der Waals surface area contributed by atoms with Crippen LogP contribution in [-0.2, 0) is 28.5 Å². The first-order valence-electron chi connectivity index (χ1n) is 18.1. The quantitative estimate of drug-likeness (QED) is 0.161. The molecule has 4 heterocycles. The summed E-state index contributed by atoms with van der Waals surface area (Å²) in [5, 5.41) is 36.7. The zero-order valence-electron chi connectivity index (χ0n) is 32.1. The Balaban J connectivity index is 1.35. The SMILES string of the molecule is C=C1Oc2cc(OC)cc(C(=O)O[C@H]3COC(=O)C[C@H](N)c4cc(O)c(c(Cl)c4)O[C@@H]4C#CC=C3C3=CC=CC34O[C@@H]3OC(C)(C)[C@@H](N(C)C)[C@@H](O)[C@H]3O)c2NC1=O. The zero-order chi connectivity index (χ0) is 41.8. The van der Waals surface area contributed by atoms with Gasteiger partial charge in [0.2, 0.25) is 0 Å². The molecule has 58 heavy (non-hydrogen) atoms. The van der Waals surface area contributed by atoms with Gasteiger partial charge in [-0.3, -0.25) is 9.59 Å². The van der Waals surface area contributed by atoms with Crippen molar-refractivity contribution in [3.8, 4) is 34.8 Å². The van der Waals surface area contributed by atoms with E-state index in [0.717, 1.165) is 0 Å². The first kappa shape index (κ1) is 40.8. The van der Waals surface area contributed by atoms with Gasteiger partial charge in [0.1, 0.15) is 24.6 Å². The van der Waals surface area contributed by atoms with Crippen molar-refractivity contribution in [3.05, 3.63) is 88.2 Å². The summed E-state index contributed by atoms with van der Waals surface area (Å²) >= 11 is 6.68. The van der Waals surface area contributed by atoms with Gasteiger partial charge in [0, 0.05) is 23.3 Å². The Morgan fingerprint density at radius 2 is 1.91 bits per heavy atom. The molecule has 8 rings (SSSR count).